The van der Waals surface area contributed by atoms with Gasteiger partial charge in [-0.05, 0) is 73.1 Å². The van der Waals surface area contributed by atoms with Crippen molar-refractivity contribution >= 4 is 28.6 Å². The van der Waals surface area contributed by atoms with Crippen molar-refractivity contribution in [2.45, 2.75) is 26.3 Å². The second-order valence-corrected chi connectivity index (χ2v) is 8.61. The first-order valence-electron chi connectivity index (χ1n) is 11.2. The summed E-state index contributed by atoms with van der Waals surface area (Å²) in [6.45, 7) is 4.03. The van der Waals surface area contributed by atoms with E-state index >= 15 is 0 Å². The first-order chi connectivity index (χ1) is 16.9. The summed E-state index contributed by atoms with van der Waals surface area (Å²) in [5.41, 5.74) is 4.88. The van der Waals surface area contributed by atoms with Crippen LogP contribution in [0.5, 0.6) is 0 Å². The number of allylic oxidation sites excluding steroid dienone is 1. The lowest BCUT2D eigenvalue weighted by atomic mass is 9.94. The van der Waals surface area contributed by atoms with E-state index in [1.165, 1.54) is 29.8 Å². The fraction of sp³-hybridized carbons (Fsp3) is 0.148. The number of anilines is 1. The smallest absolute Gasteiger partial charge is 0.258 e. The number of nitrogens with one attached hydrogen (secondary N) is 1. The van der Waals surface area contributed by atoms with Crippen molar-refractivity contribution in [1.29, 1.82) is 0 Å². The Morgan fingerprint density at radius 2 is 1.74 bits per heavy atom. The third-order valence-electron chi connectivity index (χ3n) is 6.03. The number of nitrogens with zero attached hydrogens (tertiary/aromatic N) is 3. The van der Waals surface area contributed by atoms with Crippen LogP contribution in [0.25, 0.3) is 17.0 Å². The third-order valence-corrected chi connectivity index (χ3v) is 6.33. The van der Waals surface area contributed by atoms with Crippen LogP contribution >= 0.6 is 12.2 Å². The minimum Gasteiger partial charge on any atom is -0.351 e. The molecule has 176 valence electrons. The molecule has 1 aliphatic rings. The molecule has 0 fully saturated rings. The van der Waals surface area contributed by atoms with Crippen LogP contribution in [0, 0.1) is 11.6 Å². The summed E-state index contributed by atoms with van der Waals surface area (Å²) in [6, 6.07) is 19.9. The number of aromatic nitrogens is 2. The van der Waals surface area contributed by atoms with Crippen LogP contribution in [0.15, 0.2) is 83.0 Å². The summed E-state index contributed by atoms with van der Waals surface area (Å²) in [4.78, 5) is 6.50. The van der Waals surface area contributed by atoms with Gasteiger partial charge in [-0.25, -0.2) is 8.78 Å². The van der Waals surface area contributed by atoms with E-state index in [1.54, 1.807) is 24.3 Å². The zero-order valence-electron chi connectivity index (χ0n) is 19.1. The van der Waals surface area contributed by atoms with Crippen molar-refractivity contribution < 1.29 is 13.3 Å². The molecule has 0 saturated heterocycles. The summed E-state index contributed by atoms with van der Waals surface area (Å²) in [5, 5.41) is 7.94. The van der Waals surface area contributed by atoms with Crippen LogP contribution < -0.4 is 10.2 Å². The Kier molecular flexibility index (Phi) is 6.13. The van der Waals surface area contributed by atoms with Crippen LogP contribution in [-0.2, 0) is 6.42 Å². The highest BCUT2D eigenvalue weighted by molar-refractivity contribution is 7.80. The minimum atomic E-state index is -0.449. The van der Waals surface area contributed by atoms with Gasteiger partial charge in [-0.1, -0.05) is 48.5 Å². The predicted molar refractivity (Wildman–Crippen MR) is 135 cm³/mol. The van der Waals surface area contributed by atoms with E-state index in [0.29, 0.717) is 16.2 Å². The van der Waals surface area contributed by atoms with Crippen LogP contribution in [0.2, 0.25) is 0 Å². The topological polar surface area (TPSA) is 54.2 Å². The van der Waals surface area contributed by atoms with E-state index in [-0.39, 0.29) is 23.3 Å². The zero-order chi connectivity index (χ0) is 24.5. The average molecular weight is 489 g/mol. The maximum atomic E-state index is 13.8. The van der Waals surface area contributed by atoms with Gasteiger partial charge in [0.1, 0.15) is 11.6 Å². The van der Waals surface area contributed by atoms with Gasteiger partial charge in [-0.2, -0.15) is 4.98 Å². The van der Waals surface area contributed by atoms with Crippen molar-refractivity contribution in [3.8, 4) is 11.4 Å². The van der Waals surface area contributed by atoms with Crippen molar-refractivity contribution in [2.24, 2.45) is 0 Å². The largest absolute Gasteiger partial charge is 0.351 e. The normalized spacial score (nSPS) is 15.9. The zero-order valence-corrected chi connectivity index (χ0v) is 19.9. The molecular weight excluding hydrogens is 466 g/mol. The fourth-order valence-electron chi connectivity index (χ4n) is 4.19. The van der Waals surface area contributed by atoms with Gasteiger partial charge in [0.2, 0.25) is 5.82 Å². The molecule has 0 aliphatic carbocycles. The highest BCUT2D eigenvalue weighted by Crippen LogP contribution is 2.39. The molecule has 1 aromatic heterocycles. The molecule has 35 heavy (non-hydrogen) atoms. The molecule has 2 heterocycles. The first-order valence-corrected chi connectivity index (χ1v) is 11.6. The standard InChI is InChI=1S/C27H22F2N4OS/c1-3-17-7-13-22(14-8-17)33-16(2)23(24(30-27(33)35)18-9-11-20(28)12-10-18)26-31-25(32-34-26)19-5-4-6-21(29)15-19/h4-15,24H,3H2,1-2H3,(H,30,35). The van der Waals surface area contributed by atoms with E-state index in [9.17, 15) is 8.78 Å². The van der Waals surface area contributed by atoms with Gasteiger partial charge in [0.05, 0.1) is 11.6 Å². The van der Waals surface area contributed by atoms with Crippen molar-refractivity contribution in [3.05, 3.63) is 107 Å². The number of hydrogen-bond donors (Lipinski definition) is 1. The number of thiocarbonyl (C=S) groups is 1. The molecule has 1 aliphatic heterocycles. The van der Waals surface area contributed by atoms with Crippen molar-refractivity contribution in [2.75, 3.05) is 4.90 Å². The van der Waals surface area contributed by atoms with Crippen LogP contribution in [0.3, 0.4) is 0 Å². The van der Waals surface area contributed by atoms with Gasteiger partial charge in [0, 0.05) is 16.9 Å². The highest BCUT2D eigenvalue weighted by Gasteiger charge is 2.34. The summed E-state index contributed by atoms with van der Waals surface area (Å²) >= 11 is 5.75. The van der Waals surface area contributed by atoms with Gasteiger partial charge in [-0.15, -0.1) is 0 Å². The Balaban J connectivity index is 1.64. The Labute approximate surface area is 207 Å². The molecule has 5 nitrogen and oxygen atoms in total. The lowest BCUT2D eigenvalue weighted by Gasteiger charge is -2.37. The fourth-order valence-corrected chi connectivity index (χ4v) is 4.55. The minimum absolute atomic E-state index is 0.265. The van der Waals surface area contributed by atoms with Gasteiger partial charge in [0.15, 0.2) is 5.11 Å². The van der Waals surface area contributed by atoms with Crippen molar-refractivity contribution in [1.82, 2.24) is 15.5 Å². The quantitative estimate of drug-likeness (QED) is 0.326. The van der Waals surface area contributed by atoms with E-state index in [1.807, 2.05) is 24.0 Å². The molecule has 3 aromatic carbocycles. The Morgan fingerprint density at radius 1 is 1.00 bits per heavy atom. The van der Waals surface area contributed by atoms with Gasteiger partial charge < -0.3 is 9.84 Å². The molecule has 8 heteroatoms. The lowest BCUT2D eigenvalue weighted by Crippen LogP contribution is -2.46. The highest BCUT2D eigenvalue weighted by atomic mass is 32.1. The van der Waals surface area contributed by atoms with E-state index < -0.39 is 6.04 Å². The number of halogens is 2. The third kappa shape index (κ3) is 4.44. The Morgan fingerprint density at radius 3 is 2.43 bits per heavy atom. The van der Waals surface area contributed by atoms with Gasteiger partial charge in [-0.3, -0.25) is 4.90 Å². The van der Waals surface area contributed by atoms with Gasteiger partial charge >= 0.3 is 0 Å². The average Bonchev–Trinajstić information content (AvgIpc) is 3.34. The summed E-state index contributed by atoms with van der Waals surface area (Å²) in [6.07, 6.45) is 0.931. The lowest BCUT2D eigenvalue weighted by molar-refractivity contribution is 0.404. The Bertz CT molecular complexity index is 1410. The second-order valence-electron chi connectivity index (χ2n) is 8.22. The SMILES string of the molecule is CCc1ccc(N2C(=S)NC(c3ccc(F)cc3)C(c3nc(-c4cccc(F)c4)no3)=C2C)cc1. The number of benzene rings is 3. The Hall–Kier alpha value is -3.91. The maximum Gasteiger partial charge on any atom is 0.258 e. The maximum absolute atomic E-state index is 13.8. The molecule has 4 aromatic rings. The van der Waals surface area contributed by atoms with Crippen LogP contribution in [0.4, 0.5) is 14.5 Å². The predicted octanol–water partition coefficient (Wildman–Crippen LogP) is 6.44. The molecule has 0 amide bonds. The molecule has 0 saturated carbocycles. The molecule has 1 N–H and O–H groups in total. The molecule has 0 spiro atoms. The van der Waals surface area contributed by atoms with Gasteiger partial charge in [0.25, 0.3) is 5.89 Å². The number of hydrogen-bond acceptors (Lipinski definition) is 4. The first kappa shape index (κ1) is 22.9. The van der Waals surface area contributed by atoms with Crippen LogP contribution in [0.1, 0.15) is 36.9 Å². The summed E-state index contributed by atoms with van der Waals surface area (Å²) in [7, 11) is 0. The number of rotatable bonds is 5. The monoisotopic (exact) mass is 488 g/mol. The molecule has 5 rings (SSSR count). The molecule has 0 bridgehead atoms. The summed E-state index contributed by atoms with van der Waals surface area (Å²) < 4.78 is 33.1. The molecule has 0 radical (unpaired) electrons. The van der Waals surface area contributed by atoms with Crippen LogP contribution in [-0.4, -0.2) is 15.3 Å². The molecule has 1 atom stereocenters. The summed E-state index contributed by atoms with van der Waals surface area (Å²) in [5.74, 6) is -0.191. The van der Waals surface area contributed by atoms with Crippen molar-refractivity contribution in [3.63, 3.8) is 0 Å². The molecular formula is C27H22F2N4OS. The second kappa shape index (κ2) is 9.38. The van der Waals surface area contributed by atoms with E-state index in [2.05, 4.69) is 34.5 Å². The number of aryl methyl sites for hydroxylation is 1. The molecule has 1 unspecified atom stereocenters. The van der Waals surface area contributed by atoms with E-state index in [4.69, 9.17) is 16.7 Å². The van der Waals surface area contributed by atoms with E-state index in [0.717, 1.165) is 23.4 Å².